The van der Waals surface area contributed by atoms with Gasteiger partial charge in [0.05, 0.1) is 11.4 Å². The summed E-state index contributed by atoms with van der Waals surface area (Å²) in [5.74, 6) is -0.226. The number of rotatable bonds is 4. The van der Waals surface area contributed by atoms with Crippen LogP contribution in [-0.2, 0) is 16.1 Å². The Morgan fingerprint density at radius 2 is 1.88 bits per heavy atom. The van der Waals surface area contributed by atoms with E-state index in [2.05, 4.69) is 10.2 Å². The maximum absolute atomic E-state index is 12.7. The Morgan fingerprint density at radius 1 is 1.19 bits per heavy atom. The lowest BCUT2D eigenvalue weighted by Gasteiger charge is -2.23. The van der Waals surface area contributed by atoms with Crippen molar-refractivity contribution in [3.63, 3.8) is 0 Å². The minimum Gasteiger partial charge on any atom is -0.336 e. The summed E-state index contributed by atoms with van der Waals surface area (Å²) in [5, 5.41) is 9.98. The Labute approximate surface area is 152 Å². The number of hydrogen-bond donors (Lipinski definition) is 0. The van der Waals surface area contributed by atoms with E-state index in [0.29, 0.717) is 25.1 Å². The zero-order valence-corrected chi connectivity index (χ0v) is 15.6. The SMILES string of the molecule is Cc1nn(-c2ccccc2)c(C)c1CN(C)C(=O)C1=NN(C)C(=O)CC1. The third kappa shape index (κ3) is 3.37. The summed E-state index contributed by atoms with van der Waals surface area (Å²) in [6.45, 7) is 4.40. The van der Waals surface area contributed by atoms with Crippen LogP contribution in [0.4, 0.5) is 0 Å². The highest BCUT2D eigenvalue weighted by molar-refractivity contribution is 6.39. The van der Waals surface area contributed by atoms with Crippen LogP contribution in [0.15, 0.2) is 35.4 Å². The molecule has 0 radical (unpaired) electrons. The number of hydrogen-bond acceptors (Lipinski definition) is 4. The molecule has 7 nitrogen and oxygen atoms in total. The van der Waals surface area contributed by atoms with E-state index >= 15 is 0 Å². The first-order valence-electron chi connectivity index (χ1n) is 8.58. The van der Waals surface area contributed by atoms with Crippen LogP contribution in [-0.4, -0.2) is 51.3 Å². The standard InChI is InChI=1S/C19H23N5O2/c1-13-16(14(2)24(20-13)15-8-6-5-7-9-15)12-22(3)19(26)17-10-11-18(25)23(4)21-17/h5-9H,10-12H2,1-4H3. The van der Waals surface area contributed by atoms with E-state index in [9.17, 15) is 9.59 Å². The largest absolute Gasteiger partial charge is 0.336 e. The van der Waals surface area contributed by atoms with Crippen LogP contribution in [0.2, 0.25) is 0 Å². The topological polar surface area (TPSA) is 70.8 Å². The number of amides is 2. The quantitative estimate of drug-likeness (QED) is 0.845. The van der Waals surface area contributed by atoms with Crippen LogP contribution in [0.3, 0.4) is 0 Å². The molecular formula is C19H23N5O2. The average Bonchev–Trinajstić information content (AvgIpc) is 2.92. The molecule has 0 N–H and O–H groups in total. The summed E-state index contributed by atoms with van der Waals surface area (Å²) in [5.41, 5.74) is 4.33. The molecule has 0 unspecified atom stereocenters. The molecule has 0 aliphatic carbocycles. The average molecular weight is 353 g/mol. The van der Waals surface area contributed by atoms with Gasteiger partial charge in [-0.3, -0.25) is 9.59 Å². The number of benzene rings is 1. The van der Waals surface area contributed by atoms with Gasteiger partial charge in [-0.15, -0.1) is 0 Å². The maximum atomic E-state index is 12.7. The maximum Gasteiger partial charge on any atom is 0.270 e. The zero-order valence-electron chi connectivity index (χ0n) is 15.6. The molecule has 2 aromatic rings. The molecule has 0 fully saturated rings. The number of carbonyl (C=O) groups excluding carboxylic acids is 2. The van der Waals surface area contributed by atoms with E-state index in [1.165, 1.54) is 5.01 Å². The highest BCUT2D eigenvalue weighted by atomic mass is 16.2. The normalized spacial score (nSPS) is 14.4. The monoisotopic (exact) mass is 353 g/mol. The molecule has 1 aromatic heterocycles. The van der Waals surface area contributed by atoms with Gasteiger partial charge in [0.15, 0.2) is 0 Å². The minimum atomic E-state index is -0.157. The van der Waals surface area contributed by atoms with Gasteiger partial charge < -0.3 is 4.90 Å². The highest BCUT2D eigenvalue weighted by Gasteiger charge is 2.25. The molecule has 1 aliphatic heterocycles. The van der Waals surface area contributed by atoms with Gasteiger partial charge in [-0.1, -0.05) is 18.2 Å². The number of nitrogens with zero attached hydrogens (tertiary/aromatic N) is 5. The fraction of sp³-hybridized carbons (Fsp3) is 0.368. The fourth-order valence-electron chi connectivity index (χ4n) is 3.08. The smallest absolute Gasteiger partial charge is 0.270 e. The van der Waals surface area contributed by atoms with Gasteiger partial charge in [0.25, 0.3) is 5.91 Å². The Kier molecular flexibility index (Phi) is 4.88. The minimum absolute atomic E-state index is 0.0694. The molecule has 1 aromatic carbocycles. The van der Waals surface area contributed by atoms with Crippen molar-refractivity contribution >= 4 is 17.5 Å². The number of aromatic nitrogens is 2. The molecule has 0 bridgehead atoms. The van der Waals surface area contributed by atoms with E-state index in [1.807, 2.05) is 48.9 Å². The lowest BCUT2D eigenvalue weighted by atomic mass is 10.1. The Morgan fingerprint density at radius 3 is 2.54 bits per heavy atom. The third-order valence-electron chi connectivity index (χ3n) is 4.64. The second-order valence-electron chi connectivity index (χ2n) is 6.52. The van der Waals surface area contributed by atoms with Gasteiger partial charge >= 0.3 is 0 Å². The summed E-state index contributed by atoms with van der Waals surface area (Å²) in [6, 6.07) is 9.92. The first kappa shape index (κ1) is 17.8. The Balaban J connectivity index is 1.81. The van der Waals surface area contributed by atoms with Crippen LogP contribution < -0.4 is 0 Å². The molecule has 0 atom stereocenters. The molecule has 0 spiro atoms. The van der Waals surface area contributed by atoms with Crippen molar-refractivity contribution in [1.82, 2.24) is 19.7 Å². The van der Waals surface area contributed by atoms with Crippen LogP contribution in [0, 0.1) is 13.8 Å². The molecule has 2 amide bonds. The zero-order chi connectivity index (χ0) is 18.8. The van der Waals surface area contributed by atoms with Crippen molar-refractivity contribution in [2.75, 3.05) is 14.1 Å². The summed E-state index contributed by atoms with van der Waals surface area (Å²) in [6.07, 6.45) is 0.701. The second-order valence-corrected chi connectivity index (χ2v) is 6.52. The first-order chi connectivity index (χ1) is 12.4. The van der Waals surface area contributed by atoms with Crippen LogP contribution >= 0.6 is 0 Å². The Bertz CT molecular complexity index is 870. The predicted octanol–water partition coefficient (Wildman–Crippen LogP) is 2.06. The third-order valence-corrected chi connectivity index (χ3v) is 4.64. The van der Waals surface area contributed by atoms with E-state index in [0.717, 1.165) is 22.6 Å². The second kappa shape index (κ2) is 7.11. The van der Waals surface area contributed by atoms with Gasteiger partial charge in [-0.25, -0.2) is 9.69 Å². The summed E-state index contributed by atoms with van der Waals surface area (Å²) in [4.78, 5) is 25.9. The molecule has 1 aliphatic rings. The molecular weight excluding hydrogens is 330 g/mol. The number of hydrazone groups is 1. The van der Waals surface area contributed by atoms with Crippen LogP contribution in [0.25, 0.3) is 5.69 Å². The molecule has 0 saturated carbocycles. The van der Waals surface area contributed by atoms with Crippen molar-refractivity contribution < 1.29 is 9.59 Å². The Hall–Kier alpha value is -2.96. The number of aryl methyl sites for hydroxylation is 1. The van der Waals surface area contributed by atoms with Crippen molar-refractivity contribution in [3.8, 4) is 5.69 Å². The molecule has 26 heavy (non-hydrogen) atoms. The summed E-state index contributed by atoms with van der Waals surface area (Å²) < 4.78 is 1.90. The first-order valence-corrected chi connectivity index (χ1v) is 8.58. The molecule has 7 heteroatoms. The number of carbonyl (C=O) groups is 2. The lowest BCUT2D eigenvalue weighted by molar-refractivity contribution is -0.130. The van der Waals surface area contributed by atoms with Crippen LogP contribution in [0.5, 0.6) is 0 Å². The van der Waals surface area contributed by atoms with Crippen molar-refractivity contribution in [1.29, 1.82) is 0 Å². The van der Waals surface area contributed by atoms with E-state index in [1.54, 1.807) is 19.0 Å². The van der Waals surface area contributed by atoms with Gasteiger partial charge in [-0.05, 0) is 26.0 Å². The molecule has 2 heterocycles. The number of para-hydroxylation sites is 1. The van der Waals surface area contributed by atoms with Gasteiger partial charge in [0.2, 0.25) is 5.91 Å². The lowest BCUT2D eigenvalue weighted by Crippen LogP contribution is -2.38. The van der Waals surface area contributed by atoms with Gasteiger partial charge in [0, 0.05) is 44.7 Å². The van der Waals surface area contributed by atoms with E-state index < -0.39 is 0 Å². The van der Waals surface area contributed by atoms with E-state index in [-0.39, 0.29) is 11.8 Å². The summed E-state index contributed by atoms with van der Waals surface area (Å²) >= 11 is 0. The van der Waals surface area contributed by atoms with Gasteiger partial charge in [0.1, 0.15) is 5.71 Å². The van der Waals surface area contributed by atoms with Crippen molar-refractivity contribution in [2.24, 2.45) is 5.10 Å². The highest BCUT2D eigenvalue weighted by Crippen LogP contribution is 2.20. The summed E-state index contributed by atoms with van der Waals surface area (Å²) in [7, 11) is 3.33. The van der Waals surface area contributed by atoms with Crippen LogP contribution in [0.1, 0.15) is 29.8 Å². The molecule has 3 rings (SSSR count). The van der Waals surface area contributed by atoms with Crippen molar-refractivity contribution in [3.05, 3.63) is 47.3 Å². The van der Waals surface area contributed by atoms with E-state index in [4.69, 9.17) is 0 Å². The molecule has 0 saturated heterocycles. The fourth-order valence-corrected chi connectivity index (χ4v) is 3.08. The predicted molar refractivity (Wildman–Crippen MR) is 99.0 cm³/mol. The van der Waals surface area contributed by atoms with Gasteiger partial charge in [-0.2, -0.15) is 10.2 Å². The molecule has 136 valence electrons. The van der Waals surface area contributed by atoms with Crippen molar-refractivity contribution in [2.45, 2.75) is 33.2 Å².